The molecular formula is C7H19NO3. The van der Waals surface area contributed by atoms with E-state index in [0.717, 1.165) is 20.0 Å². The summed E-state index contributed by atoms with van der Waals surface area (Å²) in [6.07, 6.45) is 1.12. The van der Waals surface area contributed by atoms with Gasteiger partial charge in [0.2, 0.25) is 0 Å². The minimum absolute atomic E-state index is 0.833. The highest BCUT2D eigenvalue weighted by Gasteiger charge is 1.66. The van der Waals surface area contributed by atoms with E-state index in [-0.39, 0.29) is 0 Å². The van der Waals surface area contributed by atoms with E-state index in [1.807, 2.05) is 0 Å². The highest BCUT2D eigenvalue weighted by atomic mass is 16.5. The van der Waals surface area contributed by atoms with Crippen molar-refractivity contribution in [1.82, 2.24) is 0 Å². The third kappa shape index (κ3) is 265. The second-order valence-electron chi connectivity index (χ2n) is 1.51. The number of carbonyl (C=O) groups is 1. The second kappa shape index (κ2) is 22.8. The van der Waals surface area contributed by atoms with Crippen LogP contribution >= 0.6 is 0 Å². The van der Waals surface area contributed by atoms with E-state index in [4.69, 9.17) is 14.6 Å². The van der Waals surface area contributed by atoms with Crippen LogP contribution in [0.4, 0.5) is 0 Å². The van der Waals surface area contributed by atoms with Gasteiger partial charge in [-0.3, -0.25) is 4.79 Å². The zero-order valence-electron chi connectivity index (χ0n) is 7.76. The van der Waals surface area contributed by atoms with Crippen molar-refractivity contribution in [2.24, 2.45) is 5.73 Å². The minimum Gasteiger partial charge on any atom is -0.481 e. The molecule has 4 nitrogen and oxygen atoms in total. The van der Waals surface area contributed by atoms with Crippen LogP contribution in [0.25, 0.3) is 0 Å². The number of rotatable bonds is 2. The fourth-order valence-corrected chi connectivity index (χ4v) is 0.204. The van der Waals surface area contributed by atoms with E-state index in [2.05, 4.69) is 12.7 Å². The Morgan fingerprint density at radius 3 is 1.82 bits per heavy atom. The molecule has 0 aromatic rings. The Bertz CT molecular complexity index is 60.7. The van der Waals surface area contributed by atoms with E-state index in [0.29, 0.717) is 0 Å². The molecule has 0 bridgehead atoms. The molecule has 0 aliphatic rings. The summed E-state index contributed by atoms with van der Waals surface area (Å²) >= 11 is 0. The van der Waals surface area contributed by atoms with Gasteiger partial charge in [-0.15, -0.1) is 0 Å². The maximum absolute atomic E-state index is 9.00. The molecule has 4 heteroatoms. The molecule has 0 unspecified atom stereocenters. The lowest BCUT2D eigenvalue weighted by Gasteiger charge is -1.84. The Morgan fingerprint density at radius 1 is 1.55 bits per heavy atom. The second-order valence-corrected chi connectivity index (χ2v) is 1.51. The molecule has 0 aliphatic heterocycles. The van der Waals surface area contributed by atoms with Crippen molar-refractivity contribution in [2.75, 3.05) is 20.8 Å². The van der Waals surface area contributed by atoms with Gasteiger partial charge in [0.05, 0.1) is 0 Å². The highest BCUT2D eigenvalue weighted by molar-refractivity contribution is 5.62. The lowest BCUT2D eigenvalue weighted by atomic mass is 10.5. The Morgan fingerprint density at radius 2 is 1.82 bits per heavy atom. The standard InChI is InChI=1S/C4H10O.C2H4O2.CH5N/c1-3-4-5-2;1-2(3)4;1-2/h3-4H2,1-2H3;1H3,(H,3,4);2H2,1H3. The van der Waals surface area contributed by atoms with Gasteiger partial charge in [0.25, 0.3) is 5.97 Å². The van der Waals surface area contributed by atoms with Crippen molar-refractivity contribution in [3.8, 4) is 0 Å². The van der Waals surface area contributed by atoms with Crippen molar-refractivity contribution in [3.63, 3.8) is 0 Å². The van der Waals surface area contributed by atoms with E-state index >= 15 is 0 Å². The van der Waals surface area contributed by atoms with Crippen molar-refractivity contribution >= 4 is 5.97 Å². The fourth-order valence-electron chi connectivity index (χ4n) is 0.204. The van der Waals surface area contributed by atoms with Gasteiger partial charge in [0, 0.05) is 20.6 Å². The van der Waals surface area contributed by atoms with Crippen molar-refractivity contribution in [2.45, 2.75) is 20.3 Å². The highest BCUT2D eigenvalue weighted by Crippen LogP contribution is 1.70. The SMILES string of the molecule is CC(=O)O.CCCOC.CN. The quantitative estimate of drug-likeness (QED) is 0.632. The first kappa shape index (κ1) is 16.8. The zero-order valence-corrected chi connectivity index (χ0v) is 7.76. The first-order valence-electron chi connectivity index (χ1n) is 3.41. The lowest BCUT2D eigenvalue weighted by molar-refractivity contribution is -0.134. The Hall–Kier alpha value is -0.610. The minimum atomic E-state index is -0.833. The number of carboxylic acids is 1. The van der Waals surface area contributed by atoms with Gasteiger partial charge in [-0.1, -0.05) is 6.92 Å². The summed E-state index contributed by atoms with van der Waals surface area (Å²) in [6, 6.07) is 0. The molecule has 0 heterocycles. The van der Waals surface area contributed by atoms with Crippen LogP contribution in [0.5, 0.6) is 0 Å². The van der Waals surface area contributed by atoms with E-state index in [1.54, 1.807) is 7.11 Å². The van der Waals surface area contributed by atoms with Gasteiger partial charge < -0.3 is 15.6 Å². The normalized spacial score (nSPS) is 6.64. The molecule has 0 spiro atoms. The smallest absolute Gasteiger partial charge is 0.300 e. The molecule has 0 radical (unpaired) electrons. The van der Waals surface area contributed by atoms with Crippen molar-refractivity contribution in [1.29, 1.82) is 0 Å². The summed E-state index contributed by atoms with van der Waals surface area (Å²) in [5.41, 5.74) is 4.50. The molecule has 70 valence electrons. The van der Waals surface area contributed by atoms with Crippen LogP contribution in [-0.2, 0) is 9.53 Å². The Labute approximate surface area is 68.3 Å². The van der Waals surface area contributed by atoms with Crippen molar-refractivity contribution in [3.05, 3.63) is 0 Å². The van der Waals surface area contributed by atoms with E-state index in [9.17, 15) is 0 Å². The number of ether oxygens (including phenoxy) is 1. The molecular weight excluding hydrogens is 146 g/mol. The molecule has 0 aromatic heterocycles. The third-order valence-corrected chi connectivity index (χ3v) is 0.408. The Kier molecular flexibility index (Phi) is 34.7. The molecule has 0 atom stereocenters. The third-order valence-electron chi connectivity index (χ3n) is 0.408. The Balaban J connectivity index is -0.0000000965. The summed E-state index contributed by atoms with van der Waals surface area (Å²) in [6.45, 7) is 4.06. The van der Waals surface area contributed by atoms with Gasteiger partial charge >= 0.3 is 0 Å². The maximum atomic E-state index is 9.00. The zero-order chi connectivity index (χ0) is 9.70. The van der Waals surface area contributed by atoms with Crippen LogP contribution in [0.3, 0.4) is 0 Å². The van der Waals surface area contributed by atoms with Crippen LogP contribution in [0.15, 0.2) is 0 Å². The van der Waals surface area contributed by atoms with Crippen LogP contribution in [-0.4, -0.2) is 31.8 Å². The molecule has 11 heavy (non-hydrogen) atoms. The van der Waals surface area contributed by atoms with Gasteiger partial charge in [0.1, 0.15) is 0 Å². The van der Waals surface area contributed by atoms with Gasteiger partial charge in [0.15, 0.2) is 0 Å². The van der Waals surface area contributed by atoms with Crippen LogP contribution in [0.2, 0.25) is 0 Å². The monoisotopic (exact) mass is 165 g/mol. The average molecular weight is 165 g/mol. The van der Waals surface area contributed by atoms with E-state index in [1.165, 1.54) is 7.05 Å². The maximum Gasteiger partial charge on any atom is 0.300 e. The number of aliphatic carboxylic acids is 1. The van der Waals surface area contributed by atoms with Gasteiger partial charge in [-0.25, -0.2) is 0 Å². The topological polar surface area (TPSA) is 72.5 Å². The molecule has 0 saturated carbocycles. The molecule has 3 N–H and O–H groups in total. The summed E-state index contributed by atoms with van der Waals surface area (Å²) < 4.78 is 4.69. The van der Waals surface area contributed by atoms with E-state index < -0.39 is 5.97 Å². The summed E-state index contributed by atoms with van der Waals surface area (Å²) in [4.78, 5) is 9.00. The molecule has 0 amide bonds. The van der Waals surface area contributed by atoms with Crippen LogP contribution in [0.1, 0.15) is 20.3 Å². The molecule has 0 aromatic carbocycles. The fraction of sp³-hybridized carbons (Fsp3) is 0.857. The average Bonchev–Trinajstić information content (AvgIpc) is 1.93. The summed E-state index contributed by atoms with van der Waals surface area (Å²) in [5, 5.41) is 7.42. The molecule has 0 saturated heterocycles. The number of methoxy groups -OCH3 is 1. The first-order valence-corrected chi connectivity index (χ1v) is 3.41. The molecule has 0 fully saturated rings. The predicted molar refractivity (Wildman–Crippen MR) is 45.6 cm³/mol. The molecule has 0 rings (SSSR count). The molecule has 0 aliphatic carbocycles. The van der Waals surface area contributed by atoms with Crippen LogP contribution < -0.4 is 5.73 Å². The predicted octanol–water partition coefficient (Wildman–Crippen LogP) is 0.709. The first-order chi connectivity index (χ1) is 5.15. The summed E-state index contributed by atoms with van der Waals surface area (Å²) in [7, 11) is 3.21. The number of nitrogens with two attached hydrogens (primary N) is 1. The van der Waals surface area contributed by atoms with Crippen molar-refractivity contribution < 1.29 is 14.6 Å². The summed E-state index contributed by atoms with van der Waals surface area (Å²) in [5.74, 6) is -0.833. The van der Waals surface area contributed by atoms with Gasteiger partial charge in [-0.2, -0.15) is 0 Å². The number of carboxylic acid groups (broad SMARTS) is 1. The number of hydrogen-bond donors (Lipinski definition) is 2. The number of hydrogen-bond acceptors (Lipinski definition) is 3. The largest absolute Gasteiger partial charge is 0.481 e. The van der Waals surface area contributed by atoms with Gasteiger partial charge in [-0.05, 0) is 13.5 Å². The van der Waals surface area contributed by atoms with Crippen LogP contribution in [0, 0.1) is 0 Å². The lowest BCUT2D eigenvalue weighted by Crippen LogP contribution is -1.80.